The van der Waals surface area contributed by atoms with Gasteiger partial charge in [-0.25, -0.2) is 4.98 Å². The number of pyridine rings is 1. The molecule has 0 aliphatic carbocycles. The van der Waals surface area contributed by atoms with E-state index in [1.807, 2.05) is 6.07 Å². The highest BCUT2D eigenvalue weighted by Gasteiger charge is 2.31. The standard InChI is InChI=1S/C23H16F3N3O3/c1-15-13-18(31-22-17(14-27)6-4-12-28-22)9-10-19(15)29-21(30)11-8-16-5-2-3-7-20(16)32-23(24,25)26/h2-13H,1H3,(H,29,30)/b11-8+. The number of carbonyl (C=O) groups excluding carboxylic acids is 1. The number of hydrogen-bond acceptors (Lipinski definition) is 5. The van der Waals surface area contributed by atoms with Gasteiger partial charge in [0.05, 0.1) is 0 Å². The SMILES string of the molecule is Cc1cc(Oc2ncccc2C#N)ccc1NC(=O)/C=C/c1ccccc1OC(F)(F)F. The molecule has 1 N–H and O–H groups in total. The fourth-order valence-corrected chi connectivity index (χ4v) is 2.68. The van der Waals surface area contributed by atoms with Crippen molar-refractivity contribution in [1.29, 1.82) is 5.26 Å². The van der Waals surface area contributed by atoms with Crippen molar-refractivity contribution in [2.75, 3.05) is 5.32 Å². The number of aromatic nitrogens is 1. The summed E-state index contributed by atoms with van der Waals surface area (Å²) >= 11 is 0. The van der Waals surface area contributed by atoms with Gasteiger partial charge in [-0.2, -0.15) is 5.26 Å². The number of amides is 1. The molecule has 1 heterocycles. The summed E-state index contributed by atoms with van der Waals surface area (Å²) in [6, 6.07) is 15.5. The molecule has 162 valence electrons. The van der Waals surface area contributed by atoms with Crippen LogP contribution in [-0.2, 0) is 4.79 Å². The lowest BCUT2D eigenvalue weighted by molar-refractivity contribution is -0.274. The first-order chi connectivity index (χ1) is 15.2. The van der Waals surface area contributed by atoms with Gasteiger partial charge in [0.15, 0.2) is 0 Å². The predicted octanol–water partition coefficient (Wildman–Crippen LogP) is 5.60. The Balaban J connectivity index is 1.69. The van der Waals surface area contributed by atoms with Gasteiger partial charge in [0.2, 0.25) is 11.8 Å². The molecule has 0 aliphatic rings. The summed E-state index contributed by atoms with van der Waals surface area (Å²) in [5.41, 5.74) is 1.53. The Morgan fingerprint density at radius 3 is 2.66 bits per heavy atom. The van der Waals surface area contributed by atoms with Crippen LogP contribution in [0, 0.1) is 18.3 Å². The molecule has 0 radical (unpaired) electrons. The first kappa shape index (κ1) is 22.4. The minimum atomic E-state index is -4.84. The molecule has 0 unspecified atom stereocenters. The van der Waals surface area contributed by atoms with Crippen molar-refractivity contribution in [3.05, 3.63) is 83.6 Å². The lowest BCUT2D eigenvalue weighted by Crippen LogP contribution is -2.17. The van der Waals surface area contributed by atoms with Gasteiger partial charge in [-0.3, -0.25) is 4.79 Å². The number of hydrogen-bond donors (Lipinski definition) is 1. The summed E-state index contributed by atoms with van der Waals surface area (Å²) in [5, 5.41) is 11.8. The highest BCUT2D eigenvalue weighted by Crippen LogP contribution is 2.28. The van der Waals surface area contributed by atoms with Gasteiger partial charge in [-0.1, -0.05) is 18.2 Å². The van der Waals surface area contributed by atoms with Crippen molar-refractivity contribution in [3.8, 4) is 23.4 Å². The number of halogens is 3. The third-order valence-corrected chi connectivity index (χ3v) is 4.12. The normalized spacial score (nSPS) is 11.1. The van der Waals surface area contributed by atoms with Gasteiger partial charge >= 0.3 is 6.36 Å². The molecular formula is C23H16F3N3O3. The fourth-order valence-electron chi connectivity index (χ4n) is 2.68. The van der Waals surface area contributed by atoms with Crippen LogP contribution in [0.1, 0.15) is 16.7 Å². The summed E-state index contributed by atoms with van der Waals surface area (Å²) in [6.45, 7) is 1.74. The summed E-state index contributed by atoms with van der Waals surface area (Å²) in [5.74, 6) is -0.369. The van der Waals surface area contributed by atoms with Gasteiger partial charge in [-0.05, 0) is 55.0 Å². The average Bonchev–Trinajstić information content (AvgIpc) is 2.74. The third-order valence-electron chi connectivity index (χ3n) is 4.12. The summed E-state index contributed by atoms with van der Waals surface area (Å²) < 4.78 is 47.1. The molecule has 3 aromatic rings. The molecule has 6 nitrogen and oxygen atoms in total. The number of carbonyl (C=O) groups is 1. The van der Waals surface area contributed by atoms with Crippen LogP contribution in [0.5, 0.6) is 17.4 Å². The minimum Gasteiger partial charge on any atom is -0.438 e. The Bertz CT molecular complexity index is 1200. The van der Waals surface area contributed by atoms with Crippen molar-refractivity contribution in [2.24, 2.45) is 0 Å². The molecule has 0 saturated heterocycles. The lowest BCUT2D eigenvalue weighted by Gasteiger charge is -2.11. The number of para-hydroxylation sites is 1. The zero-order valence-electron chi connectivity index (χ0n) is 16.7. The molecular weight excluding hydrogens is 423 g/mol. The van der Waals surface area contributed by atoms with Crippen LogP contribution in [0.15, 0.2) is 66.9 Å². The quantitative estimate of drug-likeness (QED) is 0.505. The Morgan fingerprint density at radius 2 is 1.94 bits per heavy atom. The van der Waals surface area contributed by atoms with E-state index < -0.39 is 18.0 Å². The van der Waals surface area contributed by atoms with Crippen LogP contribution in [0.3, 0.4) is 0 Å². The maximum atomic E-state index is 12.5. The monoisotopic (exact) mass is 439 g/mol. The molecule has 0 fully saturated rings. The molecule has 1 amide bonds. The minimum absolute atomic E-state index is 0.101. The van der Waals surface area contributed by atoms with Crippen molar-refractivity contribution in [1.82, 2.24) is 4.98 Å². The summed E-state index contributed by atoms with van der Waals surface area (Å²) in [6.07, 6.45) is -0.999. The van der Waals surface area contributed by atoms with Crippen molar-refractivity contribution in [3.63, 3.8) is 0 Å². The molecule has 3 rings (SSSR count). The topological polar surface area (TPSA) is 84.2 Å². The van der Waals surface area contributed by atoms with Crippen molar-refractivity contribution < 1.29 is 27.4 Å². The van der Waals surface area contributed by atoms with Gasteiger partial charge < -0.3 is 14.8 Å². The van der Waals surface area contributed by atoms with Gasteiger partial charge in [-0.15, -0.1) is 13.2 Å². The van der Waals surface area contributed by atoms with Gasteiger partial charge in [0.1, 0.15) is 23.1 Å². The van der Waals surface area contributed by atoms with E-state index in [0.717, 1.165) is 12.1 Å². The maximum absolute atomic E-state index is 12.5. The Labute approximate surface area is 181 Å². The molecule has 0 saturated carbocycles. The number of rotatable bonds is 6. The second kappa shape index (κ2) is 9.66. The highest BCUT2D eigenvalue weighted by atomic mass is 19.4. The molecule has 1 aromatic heterocycles. The number of benzene rings is 2. The smallest absolute Gasteiger partial charge is 0.438 e. The van der Waals surface area contributed by atoms with E-state index in [1.54, 1.807) is 37.3 Å². The summed E-state index contributed by atoms with van der Waals surface area (Å²) in [4.78, 5) is 16.3. The van der Waals surface area contributed by atoms with Crippen LogP contribution >= 0.6 is 0 Å². The number of anilines is 1. The van der Waals surface area contributed by atoms with Crippen LogP contribution in [0.4, 0.5) is 18.9 Å². The fraction of sp³-hybridized carbons (Fsp3) is 0.0870. The van der Waals surface area contributed by atoms with E-state index in [1.165, 1.54) is 30.5 Å². The number of nitrogens with one attached hydrogen (secondary N) is 1. The van der Waals surface area contributed by atoms with E-state index >= 15 is 0 Å². The molecule has 0 spiro atoms. The second-order valence-electron chi connectivity index (χ2n) is 6.45. The molecule has 32 heavy (non-hydrogen) atoms. The summed E-state index contributed by atoms with van der Waals surface area (Å²) in [7, 11) is 0. The van der Waals surface area contributed by atoms with Crippen LogP contribution in [0.2, 0.25) is 0 Å². The third kappa shape index (κ3) is 6.09. The number of aryl methyl sites for hydroxylation is 1. The zero-order valence-corrected chi connectivity index (χ0v) is 16.7. The number of ether oxygens (including phenoxy) is 2. The number of nitriles is 1. The van der Waals surface area contributed by atoms with E-state index in [4.69, 9.17) is 10.00 Å². The van der Waals surface area contributed by atoms with E-state index in [0.29, 0.717) is 17.0 Å². The number of nitrogens with zero attached hydrogens (tertiary/aromatic N) is 2. The number of alkyl halides is 3. The first-order valence-corrected chi connectivity index (χ1v) is 9.22. The molecule has 0 bridgehead atoms. The second-order valence-corrected chi connectivity index (χ2v) is 6.45. The van der Waals surface area contributed by atoms with Gasteiger partial charge in [0, 0.05) is 23.5 Å². The molecule has 0 aliphatic heterocycles. The molecule has 2 aromatic carbocycles. The van der Waals surface area contributed by atoms with Crippen molar-refractivity contribution in [2.45, 2.75) is 13.3 Å². The maximum Gasteiger partial charge on any atom is 0.573 e. The van der Waals surface area contributed by atoms with Gasteiger partial charge in [0.25, 0.3) is 0 Å². The van der Waals surface area contributed by atoms with Crippen LogP contribution in [-0.4, -0.2) is 17.3 Å². The molecule has 9 heteroatoms. The average molecular weight is 439 g/mol. The largest absolute Gasteiger partial charge is 0.573 e. The zero-order chi connectivity index (χ0) is 23.1. The Hall–Kier alpha value is -4.32. The Kier molecular flexibility index (Phi) is 6.75. The Morgan fingerprint density at radius 1 is 1.16 bits per heavy atom. The highest BCUT2D eigenvalue weighted by molar-refractivity contribution is 6.02. The first-order valence-electron chi connectivity index (χ1n) is 9.22. The van der Waals surface area contributed by atoms with Crippen molar-refractivity contribution >= 4 is 17.7 Å². The van der Waals surface area contributed by atoms with E-state index in [2.05, 4.69) is 15.0 Å². The lowest BCUT2D eigenvalue weighted by atomic mass is 10.1. The predicted molar refractivity (Wildman–Crippen MR) is 111 cm³/mol. The van der Waals surface area contributed by atoms with E-state index in [9.17, 15) is 18.0 Å². The molecule has 0 atom stereocenters. The van der Waals surface area contributed by atoms with E-state index in [-0.39, 0.29) is 17.0 Å². The van der Waals surface area contributed by atoms with Crippen LogP contribution < -0.4 is 14.8 Å². The van der Waals surface area contributed by atoms with Crippen LogP contribution in [0.25, 0.3) is 6.08 Å².